The van der Waals surface area contributed by atoms with E-state index in [0.29, 0.717) is 5.92 Å². The minimum absolute atomic E-state index is 0.582. The lowest BCUT2D eigenvalue weighted by atomic mass is 9.86. The number of para-hydroxylation sites is 2. The van der Waals surface area contributed by atoms with E-state index in [0.717, 1.165) is 18.5 Å². The Balaban J connectivity index is 0.871. The maximum atomic E-state index is 2.47. The molecule has 83 heavy (non-hydrogen) atoms. The molecule has 0 aliphatic carbocycles. The smallest absolute Gasteiger partial charge is 0.0541 e. The summed E-state index contributed by atoms with van der Waals surface area (Å²) in [6, 6.07) is 102. The molecular weight excluding hydrogens is 1000 g/mol. The number of aryl methyl sites for hydroxylation is 1. The zero-order valence-corrected chi connectivity index (χ0v) is 46.8. The molecule has 394 valence electrons. The summed E-state index contributed by atoms with van der Waals surface area (Å²) in [5.74, 6) is 0.582. The van der Waals surface area contributed by atoms with Gasteiger partial charge < -0.3 is 13.7 Å². The van der Waals surface area contributed by atoms with Gasteiger partial charge in [0.2, 0.25) is 0 Å². The van der Waals surface area contributed by atoms with Crippen molar-refractivity contribution in [2.24, 2.45) is 5.92 Å². The number of nitrogens with zero attached hydrogens (tertiary/aromatic N) is 3. The van der Waals surface area contributed by atoms with Crippen LogP contribution in [0.15, 0.2) is 273 Å². The predicted molar refractivity (Wildman–Crippen MR) is 354 cm³/mol. The Hall–Kier alpha value is -10.2. The molecule has 16 rings (SSSR count). The molecule has 0 aliphatic heterocycles. The van der Waals surface area contributed by atoms with Gasteiger partial charge in [0, 0.05) is 49.4 Å². The first kappa shape index (κ1) is 48.7. The number of fused-ring (bicyclic) bond motifs is 11. The summed E-state index contributed by atoms with van der Waals surface area (Å²) < 4.78 is 7.36. The molecule has 0 aliphatic rings. The van der Waals surface area contributed by atoms with Crippen molar-refractivity contribution < 1.29 is 0 Å². The Morgan fingerprint density at radius 1 is 0.253 bits per heavy atom. The molecule has 0 fully saturated rings. The van der Waals surface area contributed by atoms with E-state index in [9.17, 15) is 0 Å². The highest BCUT2D eigenvalue weighted by Crippen LogP contribution is 2.46. The van der Waals surface area contributed by atoms with Crippen LogP contribution in [-0.2, 0) is 12.8 Å². The van der Waals surface area contributed by atoms with E-state index < -0.39 is 0 Å². The van der Waals surface area contributed by atoms with Crippen LogP contribution in [0.4, 0.5) is 0 Å². The van der Waals surface area contributed by atoms with Crippen molar-refractivity contribution >= 4 is 87.0 Å². The molecule has 0 bridgehead atoms. The van der Waals surface area contributed by atoms with E-state index in [1.807, 2.05) is 0 Å². The number of aromatic nitrogens is 3. The monoisotopic (exact) mass is 1060 g/mol. The van der Waals surface area contributed by atoms with Crippen LogP contribution in [0, 0.1) is 5.92 Å². The molecule has 0 saturated heterocycles. The van der Waals surface area contributed by atoms with Gasteiger partial charge in [-0.1, -0.05) is 197 Å². The molecule has 0 atom stereocenters. The maximum absolute atomic E-state index is 2.47. The third-order valence-corrected chi connectivity index (χ3v) is 17.6. The standard InChI is InChI=1S/C80H59N3/c1-4-52-18-16-22-61(45-52)82-73-30-14-12-24-63(73)69-47-56(34-40-75(69)82)58-36-42-77-71(49-58)72-50-59(57-35-41-76-70(48-57)64-25-13-15-31-74(64)83(76)62-23-17-19-53(46-62)44-51(2)3)37-43-78(72)81(77)60-38-32-55(33-39-60)80-67-28-10-8-26-65(67)79(54-20-6-5-7-21-54)66-27-9-11-29-68(66)80/h5-43,45-51H,4,44H2,1-3H3. The average molecular weight is 1060 g/mol. The first-order valence-electron chi connectivity index (χ1n) is 29.4. The number of rotatable bonds is 10. The van der Waals surface area contributed by atoms with Gasteiger partial charge in [-0.15, -0.1) is 0 Å². The van der Waals surface area contributed by atoms with Crippen LogP contribution in [0.25, 0.3) is 149 Å². The fourth-order valence-corrected chi connectivity index (χ4v) is 13.9. The molecule has 0 saturated carbocycles. The third-order valence-electron chi connectivity index (χ3n) is 17.6. The van der Waals surface area contributed by atoms with Gasteiger partial charge in [-0.25, -0.2) is 0 Å². The summed E-state index contributed by atoms with van der Waals surface area (Å²) in [6.07, 6.45) is 2.04. The molecule has 3 aromatic heterocycles. The van der Waals surface area contributed by atoms with Crippen molar-refractivity contribution in [3.05, 3.63) is 284 Å². The minimum Gasteiger partial charge on any atom is -0.309 e. The van der Waals surface area contributed by atoms with Crippen LogP contribution in [0.3, 0.4) is 0 Å². The summed E-state index contributed by atoms with van der Waals surface area (Å²) in [7, 11) is 0. The summed E-state index contributed by atoms with van der Waals surface area (Å²) >= 11 is 0. The van der Waals surface area contributed by atoms with Gasteiger partial charge in [-0.3, -0.25) is 0 Å². The van der Waals surface area contributed by atoms with E-state index in [-0.39, 0.29) is 0 Å². The normalized spacial score (nSPS) is 12.0. The zero-order valence-electron chi connectivity index (χ0n) is 46.8. The summed E-state index contributed by atoms with van der Waals surface area (Å²) in [4.78, 5) is 0. The van der Waals surface area contributed by atoms with Gasteiger partial charge in [0.25, 0.3) is 0 Å². The number of hydrogen-bond acceptors (Lipinski definition) is 0. The van der Waals surface area contributed by atoms with Gasteiger partial charge in [-0.05, 0) is 193 Å². The van der Waals surface area contributed by atoms with Gasteiger partial charge in [0.1, 0.15) is 0 Å². The van der Waals surface area contributed by atoms with Crippen molar-refractivity contribution in [3.63, 3.8) is 0 Å². The quantitative estimate of drug-likeness (QED) is 0.121. The third kappa shape index (κ3) is 7.94. The molecule has 0 radical (unpaired) electrons. The van der Waals surface area contributed by atoms with Gasteiger partial charge in [0.05, 0.1) is 33.1 Å². The predicted octanol–water partition coefficient (Wildman–Crippen LogP) is 21.7. The summed E-state index contributed by atoms with van der Waals surface area (Å²) in [6.45, 7) is 6.82. The second-order valence-electron chi connectivity index (χ2n) is 23.0. The summed E-state index contributed by atoms with van der Waals surface area (Å²) in [5, 5.41) is 12.5. The molecule has 3 heteroatoms. The maximum Gasteiger partial charge on any atom is 0.0541 e. The van der Waals surface area contributed by atoms with E-state index >= 15 is 0 Å². The zero-order chi connectivity index (χ0) is 55.3. The van der Waals surface area contributed by atoms with Crippen LogP contribution in [0.2, 0.25) is 0 Å². The first-order chi connectivity index (χ1) is 40.9. The largest absolute Gasteiger partial charge is 0.309 e. The molecule has 16 aromatic rings. The van der Waals surface area contributed by atoms with E-state index in [4.69, 9.17) is 0 Å². The molecule has 0 unspecified atom stereocenters. The van der Waals surface area contributed by atoms with Crippen molar-refractivity contribution in [1.82, 2.24) is 13.7 Å². The fourth-order valence-electron chi connectivity index (χ4n) is 13.9. The van der Waals surface area contributed by atoms with Crippen molar-refractivity contribution in [2.75, 3.05) is 0 Å². The number of benzene rings is 13. The van der Waals surface area contributed by atoms with Crippen molar-refractivity contribution in [1.29, 1.82) is 0 Å². The molecule has 0 N–H and O–H groups in total. The lowest BCUT2D eigenvalue weighted by molar-refractivity contribution is 0.647. The lowest BCUT2D eigenvalue weighted by Crippen LogP contribution is -1.98. The highest BCUT2D eigenvalue weighted by atomic mass is 15.0. The van der Waals surface area contributed by atoms with Gasteiger partial charge >= 0.3 is 0 Å². The molecule has 0 amide bonds. The number of hydrogen-bond donors (Lipinski definition) is 0. The van der Waals surface area contributed by atoms with Crippen LogP contribution >= 0.6 is 0 Å². The van der Waals surface area contributed by atoms with Crippen LogP contribution in [-0.4, -0.2) is 13.7 Å². The highest BCUT2D eigenvalue weighted by molar-refractivity contribution is 6.22. The average Bonchev–Trinajstić information content (AvgIpc) is 2.91. The topological polar surface area (TPSA) is 14.8 Å². The second kappa shape index (κ2) is 19.5. The second-order valence-corrected chi connectivity index (χ2v) is 23.0. The first-order valence-corrected chi connectivity index (χ1v) is 29.4. The molecule has 0 spiro atoms. The Morgan fingerprint density at radius 3 is 1.02 bits per heavy atom. The Bertz CT molecular complexity index is 5180. The Kier molecular flexibility index (Phi) is 11.4. The van der Waals surface area contributed by atoms with Crippen LogP contribution < -0.4 is 0 Å². The van der Waals surface area contributed by atoms with E-state index in [1.54, 1.807) is 0 Å². The van der Waals surface area contributed by atoms with Crippen molar-refractivity contribution in [3.8, 4) is 61.6 Å². The minimum atomic E-state index is 0.582. The molecule has 3 nitrogen and oxygen atoms in total. The highest BCUT2D eigenvalue weighted by Gasteiger charge is 2.21. The molecule has 13 aromatic carbocycles. The lowest BCUT2D eigenvalue weighted by Gasteiger charge is -2.18. The SMILES string of the molecule is CCc1cccc(-n2c3ccccc3c3cc(-c4ccc5c(c4)c4cc(-c6ccc7c(c6)c6ccccc6n7-c6cccc(CC(C)C)c6)ccc4n5-c4ccc(-c5c6ccccc6c(-c6ccccc6)c6ccccc56)cc4)ccc32)c1. The summed E-state index contributed by atoms with van der Waals surface area (Å²) in [5.41, 5.74) is 23.1. The van der Waals surface area contributed by atoms with Crippen molar-refractivity contribution in [2.45, 2.75) is 33.6 Å². The Labute approximate surface area is 483 Å². The van der Waals surface area contributed by atoms with E-state index in [2.05, 4.69) is 307 Å². The van der Waals surface area contributed by atoms with Gasteiger partial charge in [0.15, 0.2) is 0 Å². The van der Waals surface area contributed by atoms with Gasteiger partial charge in [-0.2, -0.15) is 0 Å². The van der Waals surface area contributed by atoms with Crippen LogP contribution in [0.1, 0.15) is 31.9 Å². The molecule has 3 heterocycles. The Morgan fingerprint density at radius 2 is 0.590 bits per heavy atom. The van der Waals surface area contributed by atoms with E-state index in [1.165, 1.54) is 154 Å². The fraction of sp³-hybridized carbons (Fsp3) is 0.0750. The van der Waals surface area contributed by atoms with Crippen LogP contribution in [0.5, 0.6) is 0 Å². The molecular formula is C80H59N3.